The number of aromatic nitrogens is 1. The molecule has 9 heteroatoms. The largest absolute Gasteiger partial charge is 0.469 e. The number of aryl methyl sites for hydroxylation is 1. The molecule has 0 unspecified atom stereocenters. The van der Waals surface area contributed by atoms with Crippen LogP contribution in [0.25, 0.3) is 0 Å². The van der Waals surface area contributed by atoms with Crippen LogP contribution < -0.4 is 10.0 Å². The zero-order chi connectivity index (χ0) is 19.3. The molecule has 0 saturated carbocycles. The minimum absolute atomic E-state index is 0.0168. The van der Waals surface area contributed by atoms with Gasteiger partial charge in [0.15, 0.2) is 0 Å². The summed E-state index contributed by atoms with van der Waals surface area (Å²) >= 11 is 0. The smallest absolute Gasteiger partial charge is 0.307 e. The van der Waals surface area contributed by atoms with E-state index < -0.39 is 27.9 Å². The van der Waals surface area contributed by atoms with Gasteiger partial charge in [0.25, 0.3) is 5.91 Å². The summed E-state index contributed by atoms with van der Waals surface area (Å²) in [6.45, 7) is 0. The first-order chi connectivity index (χ1) is 12.3. The summed E-state index contributed by atoms with van der Waals surface area (Å²) in [4.78, 5) is 24.3. The first-order valence-electron chi connectivity index (χ1n) is 7.81. The Labute approximate surface area is 152 Å². The van der Waals surface area contributed by atoms with Gasteiger partial charge in [0.1, 0.15) is 10.6 Å². The van der Waals surface area contributed by atoms with Gasteiger partial charge in [-0.05, 0) is 18.7 Å². The lowest BCUT2D eigenvalue weighted by molar-refractivity contribution is -0.141. The van der Waals surface area contributed by atoms with Crippen molar-refractivity contribution in [2.24, 2.45) is 7.05 Å². The molecular formula is C17H21N3O5S. The Hall–Kier alpha value is -2.65. The van der Waals surface area contributed by atoms with E-state index in [1.54, 1.807) is 31.3 Å². The molecule has 0 aliphatic rings. The third kappa shape index (κ3) is 4.50. The monoisotopic (exact) mass is 379 g/mol. The molecule has 0 aliphatic heterocycles. The minimum atomic E-state index is -3.66. The number of rotatable bonds is 7. The summed E-state index contributed by atoms with van der Waals surface area (Å²) in [5, 5.41) is 2.76. The summed E-state index contributed by atoms with van der Waals surface area (Å²) in [5.74, 6) is -0.965. The van der Waals surface area contributed by atoms with Crippen molar-refractivity contribution in [2.45, 2.75) is 17.4 Å². The number of amides is 1. The van der Waals surface area contributed by atoms with E-state index in [-0.39, 0.29) is 17.0 Å². The Bertz CT molecular complexity index is 890. The molecule has 2 N–H and O–H groups in total. The Morgan fingerprint density at radius 1 is 1.23 bits per heavy atom. The fraction of sp³-hybridized carbons (Fsp3) is 0.294. The molecule has 0 radical (unpaired) electrons. The van der Waals surface area contributed by atoms with E-state index in [0.717, 1.165) is 5.56 Å². The molecule has 0 aliphatic carbocycles. The maximum Gasteiger partial charge on any atom is 0.307 e. The Morgan fingerprint density at radius 3 is 2.46 bits per heavy atom. The van der Waals surface area contributed by atoms with Crippen LogP contribution in [-0.4, -0.2) is 39.0 Å². The highest BCUT2D eigenvalue weighted by Gasteiger charge is 2.23. The second-order valence-electron chi connectivity index (χ2n) is 5.60. The zero-order valence-corrected chi connectivity index (χ0v) is 15.5. The van der Waals surface area contributed by atoms with Crippen molar-refractivity contribution in [2.75, 3.05) is 14.2 Å². The van der Waals surface area contributed by atoms with Gasteiger partial charge in [-0.2, -0.15) is 0 Å². The molecule has 1 atom stereocenters. The van der Waals surface area contributed by atoms with Crippen molar-refractivity contribution in [3.05, 3.63) is 53.9 Å². The average molecular weight is 379 g/mol. The van der Waals surface area contributed by atoms with Crippen LogP contribution in [0, 0.1) is 0 Å². The number of sulfonamides is 1. The van der Waals surface area contributed by atoms with Crippen molar-refractivity contribution >= 4 is 21.9 Å². The van der Waals surface area contributed by atoms with Gasteiger partial charge in [0.2, 0.25) is 10.0 Å². The average Bonchev–Trinajstić information content (AvgIpc) is 3.04. The van der Waals surface area contributed by atoms with E-state index >= 15 is 0 Å². The van der Waals surface area contributed by atoms with Gasteiger partial charge in [-0.15, -0.1) is 0 Å². The van der Waals surface area contributed by atoms with Crippen LogP contribution in [-0.2, 0) is 26.6 Å². The van der Waals surface area contributed by atoms with Gasteiger partial charge in [0.05, 0.1) is 19.6 Å². The van der Waals surface area contributed by atoms with E-state index in [0.29, 0.717) is 0 Å². The van der Waals surface area contributed by atoms with E-state index in [9.17, 15) is 18.0 Å². The fourth-order valence-corrected chi connectivity index (χ4v) is 3.24. The van der Waals surface area contributed by atoms with Crippen LogP contribution in [0.3, 0.4) is 0 Å². The maximum atomic E-state index is 12.6. The van der Waals surface area contributed by atoms with Crippen molar-refractivity contribution in [3.63, 3.8) is 0 Å². The highest BCUT2D eigenvalue weighted by Crippen LogP contribution is 2.19. The number of nitrogens with zero attached hydrogens (tertiary/aromatic N) is 1. The SMILES string of the molecule is CNS(=O)(=O)c1cc(C(=O)N[C@@H](CC(=O)OC)c2ccccc2)n(C)c1. The number of esters is 1. The summed E-state index contributed by atoms with van der Waals surface area (Å²) in [6, 6.07) is 9.67. The number of carbonyl (C=O) groups excluding carboxylic acids is 2. The van der Waals surface area contributed by atoms with Gasteiger partial charge in [0, 0.05) is 13.2 Å². The third-order valence-electron chi connectivity index (χ3n) is 3.90. The van der Waals surface area contributed by atoms with Crippen LogP contribution in [0.4, 0.5) is 0 Å². The van der Waals surface area contributed by atoms with Gasteiger partial charge < -0.3 is 14.6 Å². The molecule has 1 heterocycles. The lowest BCUT2D eigenvalue weighted by Crippen LogP contribution is -2.31. The molecule has 1 amide bonds. The predicted octanol–water partition coefficient (Wildman–Crippen LogP) is 0.967. The van der Waals surface area contributed by atoms with E-state index in [2.05, 4.69) is 10.0 Å². The van der Waals surface area contributed by atoms with Crippen molar-refractivity contribution in [1.82, 2.24) is 14.6 Å². The highest BCUT2D eigenvalue weighted by molar-refractivity contribution is 7.89. The molecule has 2 aromatic rings. The molecule has 1 aromatic heterocycles. The summed E-state index contributed by atoms with van der Waals surface area (Å²) < 4.78 is 32.1. The number of ether oxygens (including phenoxy) is 1. The molecule has 0 saturated heterocycles. The predicted molar refractivity (Wildman–Crippen MR) is 94.9 cm³/mol. The van der Waals surface area contributed by atoms with Crippen LogP contribution in [0.1, 0.15) is 28.5 Å². The molecule has 0 bridgehead atoms. The normalized spacial score (nSPS) is 12.4. The van der Waals surface area contributed by atoms with Crippen molar-refractivity contribution in [1.29, 1.82) is 0 Å². The summed E-state index contributed by atoms with van der Waals surface area (Å²) in [5.41, 5.74) is 0.896. The molecule has 26 heavy (non-hydrogen) atoms. The highest BCUT2D eigenvalue weighted by atomic mass is 32.2. The number of hydrogen-bond donors (Lipinski definition) is 2. The summed E-state index contributed by atoms with van der Waals surface area (Å²) in [7, 11) is 0.481. The molecular weight excluding hydrogens is 358 g/mol. The second-order valence-corrected chi connectivity index (χ2v) is 7.48. The molecule has 0 spiro atoms. The van der Waals surface area contributed by atoms with Gasteiger partial charge in [-0.3, -0.25) is 9.59 Å². The lowest BCUT2D eigenvalue weighted by atomic mass is 10.0. The fourth-order valence-electron chi connectivity index (χ4n) is 2.44. The van der Waals surface area contributed by atoms with Crippen LogP contribution in [0.15, 0.2) is 47.5 Å². The minimum Gasteiger partial charge on any atom is -0.469 e. The summed E-state index contributed by atoms with van der Waals surface area (Å²) in [6.07, 6.45) is 1.30. The Kier molecular flexibility index (Phi) is 6.17. The van der Waals surface area contributed by atoms with Gasteiger partial charge in [-0.1, -0.05) is 30.3 Å². The van der Waals surface area contributed by atoms with Crippen molar-refractivity contribution in [3.8, 4) is 0 Å². The van der Waals surface area contributed by atoms with E-state index in [4.69, 9.17) is 4.74 Å². The Balaban J connectivity index is 2.28. The quantitative estimate of drug-likeness (QED) is 0.697. The number of hydrogen-bond acceptors (Lipinski definition) is 5. The molecule has 1 aromatic carbocycles. The first kappa shape index (κ1) is 19.7. The topological polar surface area (TPSA) is 106 Å². The third-order valence-corrected chi connectivity index (χ3v) is 5.28. The van der Waals surface area contributed by atoms with Gasteiger partial charge >= 0.3 is 5.97 Å². The van der Waals surface area contributed by atoms with Crippen LogP contribution in [0.2, 0.25) is 0 Å². The standard InChI is InChI=1S/C17H21N3O5S/c1-18-26(23,24)13-9-15(20(2)11-13)17(22)19-14(10-16(21)25-3)12-7-5-4-6-8-12/h4-9,11,14,18H,10H2,1-3H3,(H,19,22)/t14-/m0/s1. The number of methoxy groups -OCH3 is 1. The molecule has 8 nitrogen and oxygen atoms in total. The number of benzene rings is 1. The molecule has 0 fully saturated rings. The van der Waals surface area contributed by atoms with E-state index in [1.807, 2.05) is 6.07 Å². The van der Waals surface area contributed by atoms with Crippen LogP contribution >= 0.6 is 0 Å². The first-order valence-corrected chi connectivity index (χ1v) is 9.29. The zero-order valence-electron chi connectivity index (χ0n) is 14.7. The maximum absolute atomic E-state index is 12.6. The second kappa shape index (κ2) is 8.15. The van der Waals surface area contributed by atoms with Gasteiger partial charge in [-0.25, -0.2) is 13.1 Å². The number of carbonyl (C=O) groups is 2. The van der Waals surface area contributed by atoms with E-state index in [1.165, 1.54) is 31.0 Å². The Morgan fingerprint density at radius 2 is 1.88 bits per heavy atom. The molecule has 140 valence electrons. The van der Waals surface area contributed by atoms with Crippen LogP contribution in [0.5, 0.6) is 0 Å². The number of nitrogens with one attached hydrogen (secondary N) is 2. The van der Waals surface area contributed by atoms with Crippen molar-refractivity contribution < 1.29 is 22.7 Å². The molecule has 2 rings (SSSR count). The lowest BCUT2D eigenvalue weighted by Gasteiger charge is -2.18.